The van der Waals surface area contributed by atoms with Crippen LogP contribution in [0.15, 0.2) is 78.9 Å². The Kier molecular flexibility index (Phi) is 9.55. The first-order valence-electron chi connectivity index (χ1n) is 16.2. The van der Waals surface area contributed by atoms with Crippen molar-refractivity contribution in [2.24, 2.45) is 11.8 Å². The average molecular weight is 662 g/mol. The number of aliphatic hydroxyl groups is 1. The summed E-state index contributed by atoms with van der Waals surface area (Å²) in [6.45, 7) is 2.16. The van der Waals surface area contributed by atoms with E-state index >= 15 is 0 Å². The molecule has 0 unspecified atom stereocenters. The number of anilines is 1. The van der Waals surface area contributed by atoms with Gasteiger partial charge < -0.3 is 29.3 Å². The lowest BCUT2D eigenvalue weighted by atomic mass is 9.77. The number of unbranched alkanes of at least 4 members (excludes halogenated alkanes) is 1. The minimum atomic E-state index is -1.47. The van der Waals surface area contributed by atoms with Crippen molar-refractivity contribution in [2.45, 2.75) is 62.5 Å². The molecule has 0 bridgehead atoms. The second-order valence-corrected chi connectivity index (χ2v) is 13.0. The number of likely N-dealkylation sites (N-methyl/N-ethyl adjacent to an activating group) is 1. The molecule has 1 N–H and O–H groups in total. The number of amides is 3. The molecular weight excluding hydrogens is 622 g/mol. The van der Waals surface area contributed by atoms with E-state index in [2.05, 4.69) is 0 Å². The van der Waals surface area contributed by atoms with Crippen LogP contribution in [-0.4, -0.2) is 89.1 Å². The van der Waals surface area contributed by atoms with Gasteiger partial charge in [0.1, 0.15) is 23.7 Å². The van der Waals surface area contributed by atoms with E-state index in [1.54, 1.807) is 65.4 Å². The quantitative estimate of drug-likeness (QED) is 0.282. The third kappa shape index (κ3) is 5.87. The number of fused-ring (bicyclic) bond motifs is 2. The molecule has 2 saturated heterocycles. The number of hydrogen-bond donors (Lipinski definition) is 1. The van der Waals surface area contributed by atoms with Gasteiger partial charge in [-0.15, -0.1) is 0 Å². The zero-order valence-corrected chi connectivity index (χ0v) is 27.3. The molecule has 1 spiro atoms. The first kappa shape index (κ1) is 32.9. The van der Waals surface area contributed by atoms with Crippen molar-refractivity contribution in [1.29, 1.82) is 0 Å². The second kappa shape index (κ2) is 13.6. The van der Waals surface area contributed by atoms with E-state index in [-0.39, 0.29) is 43.8 Å². The summed E-state index contributed by atoms with van der Waals surface area (Å²) < 4.78 is 13.1. The smallest absolute Gasteiger partial charge is 0.313 e. The highest BCUT2D eigenvalue weighted by molar-refractivity contribution is 6.34. The average Bonchev–Trinajstić information content (AvgIpc) is 3.45. The highest BCUT2D eigenvalue weighted by atomic mass is 35.5. The Morgan fingerprint density at radius 2 is 1.72 bits per heavy atom. The number of likely N-dealkylation sites (tertiary alicyclic amines) is 1. The van der Waals surface area contributed by atoms with Gasteiger partial charge in [0.2, 0.25) is 11.8 Å². The summed E-state index contributed by atoms with van der Waals surface area (Å²) in [7, 11) is 1.70. The lowest BCUT2D eigenvalue weighted by Crippen LogP contribution is -2.55. The lowest BCUT2D eigenvalue weighted by Gasteiger charge is -2.35. The van der Waals surface area contributed by atoms with Crippen LogP contribution >= 0.6 is 11.6 Å². The maximum Gasteiger partial charge on any atom is 0.313 e. The number of aliphatic hydroxyl groups excluding tert-OH is 1. The van der Waals surface area contributed by atoms with Crippen LogP contribution < -0.4 is 4.90 Å². The first-order chi connectivity index (χ1) is 22.7. The summed E-state index contributed by atoms with van der Waals surface area (Å²) in [6, 6.07) is 14.7. The number of halogens is 1. The Labute approximate surface area is 279 Å². The topological polar surface area (TPSA) is 117 Å². The fourth-order valence-electron chi connectivity index (χ4n) is 7.41. The summed E-state index contributed by atoms with van der Waals surface area (Å²) in [5.74, 6) is -3.60. The Hall–Kier alpha value is -3.99. The number of hydrogen-bond acceptors (Lipinski definition) is 7. The van der Waals surface area contributed by atoms with Crippen molar-refractivity contribution >= 4 is 41.0 Å². The number of para-hydroxylation sites is 1. The molecule has 0 aromatic heterocycles. The van der Waals surface area contributed by atoms with E-state index < -0.39 is 47.7 Å². The summed E-state index contributed by atoms with van der Waals surface area (Å²) in [5.41, 5.74) is -0.251. The predicted octanol–water partition coefficient (Wildman–Crippen LogP) is 4.08. The minimum absolute atomic E-state index is 0.0603. The van der Waals surface area contributed by atoms with Crippen molar-refractivity contribution in [1.82, 2.24) is 9.80 Å². The molecule has 47 heavy (non-hydrogen) atoms. The van der Waals surface area contributed by atoms with Gasteiger partial charge in [-0.25, -0.2) is 0 Å². The molecule has 0 radical (unpaired) electrons. The Balaban J connectivity index is 1.44. The number of esters is 1. The van der Waals surface area contributed by atoms with Crippen molar-refractivity contribution in [3.8, 4) is 0 Å². The maximum absolute atomic E-state index is 14.6. The zero-order valence-electron chi connectivity index (χ0n) is 26.5. The molecule has 2 aromatic carbocycles. The summed E-state index contributed by atoms with van der Waals surface area (Å²) in [4.78, 5) is 61.4. The fraction of sp³-hybridized carbons (Fsp3) is 0.444. The second-order valence-electron chi connectivity index (χ2n) is 12.6. The highest BCUT2D eigenvalue weighted by Gasteiger charge is 2.71. The van der Waals surface area contributed by atoms with Crippen LogP contribution in [0.2, 0.25) is 5.02 Å². The van der Waals surface area contributed by atoms with Crippen LogP contribution in [0.1, 0.15) is 44.3 Å². The van der Waals surface area contributed by atoms with Crippen LogP contribution in [0.25, 0.3) is 0 Å². The van der Waals surface area contributed by atoms with Crippen LogP contribution in [0, 0.1) is 11.8 Å². The number of allylic oxidation sites excluding steroid dienone is 1. The summed E-state index contributed by atoms with van der Waals surface area (Å²) >= 11 is 6.55. The molecular formula is C36H40ClN3O7. The van der Waals surface area contributed by atoms with E-state index in [9.17, 15) is 24.3 Å². The number of carbonyl (C=O) groups is 4. The van der Waals surface area contributed by atoms with Gasteiger partial charge in [-0.05, 0) is 43.9 Å². The molecule has 248 valence electrons. The Bertz CT molecular complexity index is 1580. The summed E-state index contributed by atoms with van der Waals surface area (Å²) in [5, 5.41) is 9.90. The van der Waals surface area contributed by atoms with Crippen molar-refractivity contribution in [2.75, 3.05) is 31.6 Å². The van der Waals surface area contributed by atoms with Gasteiger partial charge in [-0.3, -0.25) is 19.2 Å². The number of nitrogens with zero attached hydrogens (tertiary/aromatic N) is 3. The monoisotopic (exact) mass is 661 g/mol. The third-order valence-corrected chi connectivity index (χ3v) is 10.2. The molecule has 0 aliphatic carbocycles. The molecule has 7 atom stereocenters. The van der Waals surface area contributed by atoms with E-state index in [4.69, 9.17) is 21.1 Å². The van der Waals surface area contributed by atoms with Crippen molar-refractivity contribution in [3.63, 3.8) is 0 Å². The van der Waals surface area contributed by atoms with E-state index in [0.717, 1.165) is 0 Å². The molecule has 2 fully saturated rings. The van der Waals surface area contributed by atoms with Crippen molar-refractivity contribution in [3.05, 3.63) is 89.5 Å². The van der Waals surface area contributed by atoms with Gasteiger partial charge >= 0.3 is 5.97 Å². The number of rotatable bonds is 6. The van der Waals surface area contributed by atoms with E-state index in [1.165, 1.54) is 4.90 Å². The van der Waals surface area contributed by atoms with Gasteiger partial charge in [0.15, 0.2) is 0 Å². The van der Waals surface area contributed by atoms with Gasteiger partial charge in [0.05, 0.1) is 28.8 Å². The highest BCUT2D eigenvalue weighted by Crippen LogP contribution is 2.53. The van der Waals surface area contributed by atoms with Crippen LogP contribution in [0.5, 0.6) is 0 Å². The number of cyclic esters (lactones) is 1. The maximum atomic E-state index is 14.6. The van der Waals surface area contributed by atoms with Crippen LogP contribution in [-0.2, 0) is 28.7 Å². The lowest BCUT2D eigenvalue weighted by molar-refractivity contribution is -0.164. The fourth-order valence-corrected chi connectivity index (χ4v) is 7.65. The normalized spacial score (nSPS) is 31.8. The largest absolute Gasteiger partial charge is 0.455 e. The standard InChI is InChI=1S/C36H40ClN3O7/c1-23-31(24-13-4-3-5-14-24)46-35(45)29-27(17-8-9-18-28(42)38(23)2)47-36-19-12-21-39(26-16-7-6-15-25(26)37)34(44)32(36)40(20-10-11-22-41)33(43)30(29)36/h3-8,12-17,19,23,27,29-32,41H,9-11,18,20-22H2,1-2H3/b17-8-/t23-,27-,29+,30+,31+,32-,36+/m1/s1. The van der Waals surface area contributed by atoms with Crippen LogP contribution in [0.4, 0.5) is 5.69 Å². The predicted molar refractivity (Wildman–Crippen MR) is 175 cm³/mol. The van der Waals surface area contributed by atoms with Crippen LogP contribution in [0.3, 0.4) is 0 Å². The van der Waals surface area contributed by atoms with E-state index in [0.29, 0.717) is 35.5 Å². The van der Waals surface area contributed by atoms with Gasteiger partial charge in [-0.1, -0.05) is 78.4 Å². The zero-order chi connectivity index (χ0) is 33.3. The molecule has 11 heteroatoms. The van der Waals surface area contributed by atoms with Gasteiger partial charge in [0.25, 0.3) is 5.91 Å². The molecule has 3 amide bonds. The molecule has 10 nitrogen and oxygen atoms in total. The molecule has 6 rings (SSSR count). The minimum Gasteiger partial charge on any atom is -0.455 e. The number of benzene rings is 2. The Morgan fingerprint density at radius 3 is 2.47 bits per heavy atom. The molecule has 0 saturated carbocycles. The number of ether oxygens (including phenoxy) is 2. The van der Waals surface area contributed by atoms with Gasteiger partial charge in [-0.2, -0.15) is 0 Å². The Morgan fingerprint density at radius 1 is 0.979 bits per heavy atom. The molecule has 4 aliphatic heterocycles. The molecule has 2 aromatic rings. The number of carbonyl (C=O) groups excluding carboxylic acids is 4. The first-order valence-corrected chi connectivity index (χ1v) is 16.6. The van der Waals surface area contributed by atoms with E-state index in [1.807, 2.05) is 37.3 Å². The summed E-state index contributed by atoms with van der Waals surface area (Å²) in [6.07, 6.45) is 6.93. The SMILES string of the molecule is C[C@@H]1[C@@H](c2ccccc2)OC(=O)[C@@H]2[C@H]3C(=O)N(CCCCO)[C@@H]4C(=O)N(c5ccccc5Cl)CC=C[C@]34O[C@@H]2/C=C\CCC(=O)N1C. The molecule has 4 aliphatic rings. The molecule has 4 heterocycles. The third-order valence-electron chi connectivity index (χ3n) is 9.88. The van der Waals surface area contributed by atoms with Crippen molar-refractivity contribution < 1.29 is 33.8 Å². The van der Waals surface area contributed by atoms with Gasteiger partial charge in [0, 0.05) is 33.2 Å².